The van der Waals surface area contributed by atoms with Crippen LogP contribution in [0.5, 0.6) is 0 Å². The molecule has 3 N–H and O–H groups in total. The van der Waals surface area contributed by atoms with Crippen LogP contribution < -0.4 is 11.2 Å². The van der Waals surface area contributed by atoms with Crippen molar-refractivity contribution in [3.8, 4) is 0 Å². The van der Waals surface area contributed by atoms with E-state index in [0.29, 0.717) is 0 Å². The van der Waals surface area contributed by atoms with Gasteiger partial charge in [0.15, 0.2) is 0 Å². The zero-order valence-corrected chi connectivity index (χ0v) is 9.00. The van der Waals surface area contributed by atoms with Gasteiger partial charge in [0.1, 0.15) is 6.20 Å². The Kier molecular flexibility index (Phi) is 3.94. The van der Waals surface area contributed by atoms with Crippen LogP contribution >= 0.6 is 7.60 Å². The van der Waals surface area contributed by atoms with Gasteiger partial charge in [-0.15, -0.1) is 0 Å². The highest BCUT2D eigenvalue weighted by Gasteiger charge is 2.08. The summed E-state index contributed by atoms with van der Waals surface area (Å²) in [6, 6.07) is 0. The molecular formula is C7H10N3O5P. The monoisotopic (exact) mass is 247 g/mol. The van der Waals surface area contributed by atoms with Gasteiger partial charge in [0, 0.05) is 0 Å². The van der Waals surface area contributed by atoms with Gasteiger partial charge in [-0.3, -0.25) is 14.3 Å². The van der Waals surface area contributed by atoms with Crippen molar-refractivity contribution < 1.29 is 14.4 Å². The van der Waals surface area contributed by atoms with Gasteiger partial charge < -0.3 is 9.79 Å². The summed E-state index contributed by atoms with van der Waals surface area (Å²) in [5.74, 6) is 0. The lowest BCUT2D eigenvalue weighted by atomic mass is 10.5. The third-order valence-corrected chi connectivity index (χ3v) is 2.25. The number of nitrogens with zero attached hydrogens (tertiary/aromatic N) is 2. The predicted molar refractivity (Wildman–Crippen MR) is 55.2 cm³/mol. The molecule has 1 aromatic heterocycles. The molecule has 0 fully saturated rings. The van der Waals surface area contributed by atoms with Gasteiger partial charge in [0.25, 0.3) is 5.56 Å². The molecule has 9 heteroatoms. The number of allylic oxidation sites excluding steroid dienone is 2. The third-order valence-electron chi connectivity index (χ3n) is 1.57. The highest BCUT2D eigenvalue weighted by atomic mass is 31.2. The molecular weight excluding hydrogens is 237 g/mol. The first-order valence-electron chi connectivity index (χ1n) is 4.24. The lowest BCUT2D eigenvalue weighted by molar-refractivity contribution is 0.377. The molecule has 0 radical (unpaired) electrons. The summed E-state index contributed by atoms with van der Waals surface area (Å²) < 4.78 is 11.4. The fourth-order valence-corrected chi connectivity index (χ4v) is 1.32. The first-order chi connectivity index (χ1) is 7.38. The van der Waals surface area contributed by atoms with Gasteiger partial charge in [-0.25, -0.2) is 9.48 Å². The molecule has 1 aromatic rings. The van der Waals surface area contributed by atoms with Crippen LogP contribution in [-0.2, 0) is 11.1 Å². The van der Waals surface area contributed by atoms with Crippen LogP contribution in [0.15, 0.2) is 27.9 Å². The molecule has 0 saturated heterocycles. The Morgan fingerprint density at radius 1 is 1.44 bits per heavy atom. The summed E-state index contributed by atoms with van der Waals surface area (Å²) in [7, 11) is -4.06. The lowest BCUT2D eigenvalue weighted by Crippen LogP contribution is -2.31. The Hall–Kier alpha value is -1.50. The van der Waals surface area contributed by atoms with Crippen molar-refractivity contribution in [2.45, 2.75) is 6.54 Å². The second kappa shape index (κ2) is 5.02. The Bertz CT molecular complexity index is 539. The second-order valence-electron chi connectivity index (χ2n) is 2.94. The van der Waals surface area contributed by atoms with Crippen LogP contribution in [0, 0.1) is 0 Å². The SMILES string of the molecule is O=c1cnn(C/C=C/CP(=O)(O)O)c(=O)[nH]1. The lowest BCUT2D eigenvalue weighted by Gasteiger charge is -1.99. The van der Waals surface area contributed by atoms with Gasteiger partial charge in [-0.2, -0.15) is 5.10 Å². The molecule has 0 amide bonds. The Labute approximate surface area is 89.4 Å². The topological polar surface area (TPSA) is 125 Å². The molecule has 0 spiro atoms. The normalized spacial score (nSPS) is 12.1. The number of aromatic nitrogens is 3. The number of aromatic amines is 1. The van der Waals surface area contributed by atoms with Crippen molar-refractivity contribution in [1.82, 2.24) is 14.8 Å². The van der Waals surface area contributed by atoms with E-state index in [4.69, 9.17) is 9.79 Å². The van der Waals surface area contributed by atoms with Crippen molar-refractivity contribution in [2.75, 3.05) is 6.16 Å². The molecule has 1 heterocycles. The Morgan fingerprint density at radius 3 is 2.69 bits per heavy atom. The zero-order valence-electron chi connectivity index (χ0n) is 8.11. The zero-order chi connectivity index (χ0) is 12.2. The maximum absolute atomic E-state index is 11.1. The second-order valence-corrected chi connectivity index (χ2v) is 4.63. The standard InChI is InChI=1S/C7H10N3O5P/c11-6-5-8-10(7(12)9-6)3-1-2-4-16(13,14)15/h1-2,5H,3-4H2,(H,9,11,12)(H2,13,14,15)/b2-1+. The molecule has 0 atom stereocenters. The quantitative estimate of drug-likeness (QED) is 0.447. The van der Waals surface area contributed by atoms with E-state index in [2.05, 4.69) is 5.10 Å². The minimum Gasteiger partial charge on any atom is -0.324 e. The molecule has 16 heavy (non-hydrogen) atoms. The average Bonchev–Trinajstić information content (AvgIpc) is 2.13. The van der Waals surface area contributed by atoms with Crippen LogP contribution in [0.4, 0.5) is 0 Å². The summed E-state index contributed by atoms with van der Waals surface area (Å²) in [4.78, 5) is 40.8. The first kappa shape index (κ1) is 12.6. The van der Waals surface area contributed by atoms with Crippen molar-refractivity contribution >= 4 is 7.60 Å². The minimum absolute atomic E-state index is 0.0373. The van der Waals surface area contributed by atoms with E-state index in [0.717, 1.165) is 10.9 Å². The molecule has 0 aliphatic carbocycles. The first-order valence-corrected chi connectivity index (χ1v) is 6.04. The van der Waals surface area contributed by atoms with E-state index in [-0.39, 0.29) is 6.54 Å². The van der Waals surface area contributed by atoms with Crippen molar-refractivity contribution in [3.63, 3.8) is 0 Å². The van der Waals surface area contributed by atoms with E-state index in [1.165, 1.54) is 12.2 Å². The fraction of sp³-hybridized carbons (Fsp3) is 0.286. The van der Waals surface area contributed by atoms with Crippen molar-refractivity contribution in [1.29, 1.82) is 0 Å². The molecule has 8 nitrogen and oxygen atoms in total. The summed E-state index contributed by atoms with van der Waals surface area (Å²) in [6.07, 6.45) is 3.18. The molecule has 0 aliphatic heterocycles. The third kappa shape index (κ3) is 4.35. The number of hydrogen-bond acceptors (Lipinski definition) is 4. The van der Waals surface area contributed by atoms with Gasteiger partial charge >= 0.3 is 13.3 Å². The summed E-state index contributed by atoms with van der Waals surface area (Å²) in [5, 5.41) is 3.53. The average molecular weight is 247 g/mol. The van der Waals surface area contributed by atoms with Crippen LogP contribution in [0.3, 0.4) is 0 Å². The van der Waals surface area contributed by atoms with E-state index < -0.39 is 25.0 Å². The van der Waals surface area contributed by atoms with Crippen LogP contribution in [0.2, 0.25) is 0 Å². The Morgan fingerprint density at radius 2 is 2.12 bits per heavy atom. The van der Waals surface area contributed by atoms with Gasteiger partial charge in [-0.05, 0) is 0 Å². The van der Waals surface area contributed by atoms with E-state index in [1.807, 2.05) is 4.98 Å². The highest BCUT2D eigenvalue weighted by molar-refractivity contribution is 7.51. The molecule has 0 aromatic carbocycles. The number of nitrogens with one attached hydrogen (secondary N) is 1. The van der Waals surface area contributed by atoms with Crippen LogP contribution in [-0.4, -0.2) is 30.7 Å². The largest absolute Gasteiger partial charge is 0.345 e. The van der Waals surface area contributed by atoms with Crippen molar-refractivity contribution in [2.24, 2.45) is 0 Å². The number of H-pyrrole nitrogens is 1. The molecule has 0 unspecified atom stereocenters. The number of hydrogen-bond donors (Lipinski definition) is 3. The van der Waals surface area contributed by atoms with Gasteiger partial charge in [0.05, 0.1) is 12.7 Å². The summed E-state index contributed by atoms with van der Waals surface area (Å²) in [6.45, 7) is 0.0373. The van der Waals surface area contributed by atoms with Crippen molar-refractivity contribution in [3.05, 3.63) is 39.2 Å². The smallest absolute Gasteiger partial charge is 0.324 e. The maximum Gasteiger partial charge on any atom is 0.345 e. The molecule has 1 rings (SSSR count). The highest BCUT2D eigenvalue weighted by Crippen LogP contribution is 2.33. The van der Waals surface area contributed by atoms with Gasteiger partial charge in [-0.1, -0.05) is 12.2 Å². The van der Waals surface area contributed by atoms with E-state index >= 15 is 0 Å². The molecule has 0 aliphatic rings. The van der Waals surface area contributed by atoms with Crippen LogP contribution in [0.25, 0.3) is 0 Å². The maximum atomic E-state index is 11.1. The summed E-state index contributed by atoms with van der Waals surface area (Å²) in [5.41, 5.74) is -1.27. The minimum atomic E-state index is -4.06. The van der Waals surface area contributed by atoms with E-state index in [1.54, 1.807) is 0 Å². The predicted octanol–water partition coefficient (Wildman–Crippen LogP) is -1.33. The molecule has 88 valence electrons. The molecule has 0 bridgehead atoms. The van der Waals surface area contributed by atoms with Crippen LogP contribution in [0.1, 0.15) is 0 Å². The summed E-state index contributed by atoms with van der Waals surface area (Å²) >= 11 is 0. The molecule has 0 saturated carbocycles. The Balaban J connectivity index is 2.65. The fourth-order valence-electron chi connectivity index (χ4n) is 0.893. The van der Waals surface area contributed by atoms with Gasteiger partial charge in [0.2, 0.25) is 0 Å². The number of rotatable bonds is 4. The van der Waals surface area contributed by atoms with E-state index in [9.17, 15) is 14.2 Å².